The van der Waals surface area contributed by atoms with Crippen LogP contribution >= 0.6 is 24.0 Å². The number of unbranched alkanes of at least 4 members (excludes halogenated alkanes) is 4. The number of carbonyl (C=O) groups excluding carboxylic acids is 1. The van der Waals surface area contributed by atoms with Gasteiger partial charge in [0.1, 0.15) is 15.8 Å². The van der Waals surface area contributed by atoms with Crippen LogP contribution in [-0.4, -0.2) is 50.8 Å². The fraction of sp³-hybridized carbons (Fsp3) is 0.500. The largest absolute Gasteiger partial charge is 0.382 e. The summed E-state index contributed by atoms with van der Waals surface area (Å²) < 4.78 is 7.42. The van der Waals surface area contributed by atoms with Crippen LogP contribution < -0.4 is 10.9 Å². The Morgan fingerprint density at radius 2 is 1.97 bits per heavy atom. The molecular weight excluding hydrogens is 456 g/mol. The second kappa shape index (κ2) is 12.9. The average molecular weight is 489 g/mol. The van der Waals surface area contributed by atoms with Crippen LogP contribution in [0.1, 0.15) is 57.9 Å². The van der Waals surface area contributed by atoms with Crippen LogP contribution in [0.3, 0.4) is 0 Å². The SMILES string of the molecule is CCCCCCCN1C(=O)/C(=C\c2c(NCCCOCC)nc3ccccn3c2=O)SC1=S. The van der Waals surface area contributed by atoms with Crippen molar-refractivity contribution >= 4 is 51.7 Å². The molecule has 178 valence electrons. The van der Waals surface area contributed by atoms with Crippen molar-refractivity contribution in [1.82, 2.24) is 14.3 Å². The lowest BCUT2D eigenvalue weighted by Crippen LogP contribution is -2.29. The highest BCUT2D eigenvalue weighted by Gasteiger charge is 2.32. The third kappa shape index (κ3) is 6.65. The first-order valence-corrected chi connectivity index (χ1v) is 12.9. The number of thiocarbonyl (C=S) groups is 1. The first-order valence-electron chi connectivity index (χ1n) is 11.6. The molecule has 7 nitrogen and oxygen atoms in total. The molecule has 0 radical (unpaired) electrons. The van der Waals surface area contributed by atoms with Crippen LogP contribution in [0.4, 0.5) is 5.82 Å². The zero-order valence-electron chi connectivity index (χ0n) is 19.3. The molecular formula is C24H32N4O3S2. The third-order valence-electron chi connectivity index (χ3n) is 5.37. The monoisotopic (exact) mass is 488 g/mol. The van der Waals surface area contributed by atoms with Crippen LogP contribution in [-0.2, 0) is 9.53 Å². The maximum atomic E-state index is 13.3. The number of rotatable bonds is 13. The molecule has 0 aromatic carbocycles. The molecule has 0 bridgehead atoms. The number of hydrogen-bond acceptors (Lipinski definition) is 7. The van der Waals surface area contributed by atoms with E-state index in [0.29, 0.717) is 52.6 Å². The number of ether oxygens (including phenoxy) is 1. The van der Waals surface area contributed by atoms with Crippen molar-refractivity contribution in [2.24, 2.45) is 0 Å². The number of hydrogen-bond donors (Lipinski definition) is 1. The van der Waals surface area contributed by atoms with E-state index < -0.39 is 0 Å². The lowest BCUT2D eigenvalue weighted by atomic mass is 10.1. The Labute approximate surface area is 204 Å². The lowest BCUT2D eigenvalue weighted by molar-refractivity contribution is -0.122. The first-order chi connectivity index (χ1) is 16.1. The van der Waals surface area contributed by atoms with Gasteiger partial charge in [0.25, 0.3) is 11.5 Å². The van der Waals surface area contributed by atoms with Crippen LogP contribution in [0.2, 0.25) is 0 Å². The minimum Gasteiger partial charge on any atom is -0.382 e. The summed E-state index contributed by atoms with van der Waals surface area (Å²) in [7, 11) is 0. The molecule has 3 heterocycles. The van der Waals surface area contributed by atoms with E-state index in [9.17, 15) is 9.59 Å². The molecule has 0 unspecified atom stereocenters. The lowest BCUT2D eigenvalue weighted by Gasteiger charge is -2.14. The summed E-state index contributed by atoms with van der Waals surface area (Å²) in [6.07, 6.45) is 9.65. The number of anilines is 1. The minimum absolute atomic E-state index is 0.139. The summed E-state index contributed by atoms with van der Waals surface area (Å²) in [5, 5.41) is 3.25. The van der Waals surface area contributed by atoms with Gasteiger partial charge in [0.2, 0.25) is 0 Å². The Morgan fingerprint density at radius 1 is 1.15 bits per heavy atom. The molecule has 1 amide bonds. The first kappa shape index (κ1) is 25.4. The predicted octanol–water partition coefficient (Wildman–Crippen LogP) is 4.70. The number of nitrogens with zero attached hydrogens (tertiary/aromatic N) is 3. The maximum Gasteiger partial charge on any atom is 0.267 e. The summed E-state index contributed by atoms with van der Waals surface area (Å²) >= 11 is 6.71. The van der Waals surface area contributed by atoms with Crippen LogP contribution in [0.15, 0.2) is 34.1 Å². The fourth-order valence-corrected chi connectivity index (χ4v) is 4.88. The second-order valence-corrected chi connectivity index (χ2v) is 9.51. The number of fused-ring (bicyclic) bond motifs is 1. The molecule has 9 heteroatoms. The molecule has 1 fully saturated rings. The van der Waals surface area contributed by atoms with Gasteiger partial charge in [0.05, 0.1) is 10.5 Å². The highest BCUT2D eigenvalue weighted by molar-refractivity contribution is 8.26. The van der Waals surface area contributed by atoms with Gasteiger partial charge in [-0.05, 0) is 38.0 Å². The van der Waals surface area contributed by atoms with E-state index in [1.54, 1.807) is 29.3 Å². The highest BCUT2D eigenvalue weighted by Crippen LogP contribution is 2.33. The molecule has 0 aliphatic carbocycles. The highest BCUT2D eigenvalue weighted by atomic mass is 32.2. The van der Waals surface area contributed by atoms with Crippen molar-refractivity contribution in [3.8, 4) is 0 Å². The quantitative estimate of drug-likeness (QED) is 0.249. The van der Waals surface area contributed by atoms with Gasteiger partial charge in [-0.3, -0.25) is 18.9 Å². The van der Waals surface area contributed by atoms with Crippen LogP contribution in [0.25, 0.3) is 11.7 Å². The van der Waals surface area contributed by atoms with E-state index in [1.807, 2.05) is 13.0 Å². The summed E-state index contributed by atoms with van der Waals surface area (Å²) in [5.41, 5.74) is 0.683. The topological polar surface area (TPSA) is 75.9 Å². The standard InChI is InChI=1S/C24H32N4O3S2/c1-3-5-6-7-9-15-28-23(30)19(33-24(28)32)17-18-21(25-13-11-16-31-4-2)26-20-12-8-10-14-27(20)22(18)29/h8,10,12,14,17,25H,3-7,9,11,13,15-16H2,1-2H3/b19-17+. The predicted molar refractivity (Wildman–Crippen MR) is 140 cm³/mol. The number of nitrogens with one attached hydrogen (secondary N) is 1. The van der Waals surface area contributed by atoms with E-state index >= 15 is 0 Å². The van der Waals surface area contributed by atoms with Gasteiger partial charge < -0.3 is 10.1 Å². The van der Waals surface area contributed by atoms with Crippen molar-refractivity contribution < 1.29 is 9.53 Å². The minimum atomic E-state index is -0.224. The number of aromatic nitrogens is 2. The van der Waals surface area contributed by atoms with Gasteiger partial charge in [-0.2, -0.15) is 0 Å². The second-order valence-electron chi connectivity index (χ2n) is 7.83. The zero-order valence-corrected chi connectivity index (χ0v) is 21.0. The Morgan fingerprint density at radius 3 is 2.76 bits per heavy atom. The molecule has 2 aromatic rings. The van der Waals surface area contributed by atoms with Gasteiger partial charge >= 0.3 is 0 Å². The molecule has 3 rings (SSSR count). The van der Waals surface area contributed by atoms with Crippen molar-refractivity contribution in [2.45, 2.75) is 52.4 Å². The van der Waals surface area contributed by atoms with Crippen molar-refractivity contribution in [3.63, 3.8) is 0 Å². The molecule has 0 atom stereocenters. The molecule has 0 spiro atoms. The summed E-state index contributed by atoms with van der Waals surface area (Å²) in [4.78, 5) is 33.1. The Kier molecular flexibility index (Phi) is 9.90. The van der Waals surface area contributed by atoms with E-state index in [1.165, 1.54) is 35.4 Å². The number of pyridine rings is 1. The fourth-order valence-electron chi connectivity index (χ4n) is 3.59. The zero-order chi connectivity index (χ0) is 23.6. The molecule has 33 heavy (non-hydrogen) atoms. The van der Waals surface area contributed by atoms with Gasteiger partial charge in [0.15, 0.2) is 0 Å². The van der Waals surface area contributed by atoms with Crippen LogP contribution in [0, 0.1) is 0 Å². The Bertz CT molecular complexity index is 1070. The molecule has 0 saturated carbocycles. The average Bonchev–Trinajstić information content (AvgIpc) is 3.08. The third-order valence-corrected chi connectivity index (χ3v) is 6.74. The molecule has 1 saturated heterocycles. The van der Waals surface area contributed by atoms with Crippen molar-refractivity contribution in [3.05, 3.63) is 45.2 Å². The van der Waals surface area contributed by atoms with Gasteiger partial charge in [-0.25, -0.2) is 4.98 Å². The summed E-state index contributed by atoms with van der Waals surface area (Å²) in [6.45, 7) is 6.65. The summed E-state index contributed by atoms with van der Waals surface area (Å²) in [6, 6.07) is 5.41. The van der Waals surface area contributed by atoms with E-state index in [4.69, 9.17) is 17.0 Å². The van der Waals surface area contributed by atoms with Crippen molar-refractivity contribution in [1.29, 1.82) is 0 Å². The summed E-state index contributed by atoms with van der Waals surface area (Å²) in [5.74, 6) is 0.327. The molecule has 2 aromatic heterocycles. The smallest absolute Gasteiger partial charge is 0.267 e. The van der Waals surface area contributed by atoms with Gasteiger partial charge in [-0.15, -0.1) is 0 Å². The molecule has 1 aliphatic rings. The Hall–Kier alpha value is -2.23. The van der Waals surface area contributed by atoms with Crippen LogP contribution in [0.5, 0.6) is 0 Å². The molecule has 1 N–H and O–H groups in total. The van der Waals surface area contributed by atoms with Crippen molar-refractivity contribution in [2.75, 3.05) is 31.6 Å². The van der Waals surface area contributed by atoms with E-state index in [-0.39, 0.29) is 11.5 Å². The normalized spacial score (nSPS) is 15.2. The van der Waals surface area contributed by atoms with E-state index in [0.717, 1.165) is 19.3 Å². The van der Waals surface area contributed by atoms with Gasteiger partial charge in [-0.1, -0.05) is 62.7 Å². The number of carbonyl (C=O) groups is 1. The Balaban J connectivity index is 1.83. The van der Waals surface area contributed by atoms with E-state index in [2.05, 4.69) is 17.2 Å². The molecule has 1 aliphatic heterocycles. The van der Waals surface area contributed by atoms with Gasteiger partial charge in [0, 0.05) is 32.5 Å². The number of thioether (sulfide) groups is 1. The maximum absolute atomic E-state index is 13.3. The number of amides is 1.